The molecule has 2 N–H and O–H groups in total. The van der Waals surface area contributed by atoms with Crippen molar-refractivity contribution in [1.82, 2.24) is 15.1 Å². The average Bonchev–Trinajstić information content (AvgIpc) is 2.92. The summed E-state index contributed by atoms with van der Waals surface area (Å²) in [6.07, 6.45) is 3.69. The minimum absolute atomic E-state index is 0.0219. The van der Waals surface area contributed by atoms with E-state index in [0.717, 1.165) is 36.5 Å². The molecule has 0 aliphatic carbocycles. The summed E-state index contributed by atoms with van der Waals surface area (Å²) >= 11 is 0. The average molecular weight is 282 g/mol. The summed E-state index contributed by atoms with van der Waals surface area (Å²) in [5.41, 5.74) is 3.96. The molecule has 0 atom stereocenters. The first-order chi connectivity index (χ1) is 10.2. The maximum absolute atomic E-state index is 12.1. The van der Waals surface area contributed by atoms with Crippen LogP contribution in [0.2, 0.25) is 0 Å². The van der Waals surface area contributed by atoms with Gasteiger partial charge in [0.15, 0.2) is 0 Å². The van der Waals surface area contributed by atoms with Crippen molar-refractivity contribution >= 4 is 11.6 Å². The summed E-state index contributed by atoms with van der Waals surface area (Å²) in [4.78, 5) is 12.1. The standard InChI is InChI=1S/C16H18N4O/c1-12(14-9-17-10-14)16(21)19-15-5-3-13(4-6-15)11-20-8-2-7-18-20/h2-8,17H,9-11H2,1H3,(H,19,21). The van der Waals surface area contributed by atoms with Gasteiger partial charge in [0.1, 0.15) is 0 Å². The molecule has 2 aromatic rings. The van der Waals surface area contributed by atoms with E-state index in [0.29, 0.717) is 0 Å². The Balaban J connectivity index is 1.63. The predicted octanol–water partition coefficient (Wildman–Crippen LogP) is 1.79. The highest BCUT2D eigenvalue weighted by atomic mass is 16.1. The molecule has 1 aromatic carbocycles. The van der Waals surface area contributed by atoms with E-state index in [-0.39, 0.29) is 5.91 Å². The smallest absolute Gasteiger partial charge is 0.251 e. The number of carbonyl (C=O) groups is 1. The van der Waals surface area contributed by atoms with Gasteiger partial charge in [-0.25, -0.2) is 0 Å². The Hall–Kier alpha value is -2.40. The van der Waals surface area contributed by atoms with E-state index >= 15 is 0 Å². The molecular formula is C16H18N4O. The van der Waals surface area contributed by atoms with Crippen LogP contribution in [-0.2, 0) is 11.3 Å². The Morgan fingerprint density at radius 1 is 1.33 bits per heavy atom. The van der Waals surface area contributed by atoms with Gasteiger partial charge in [0.25, 0.3) is 5.91 Å². The van der Waals surface area contributed by atoms with Gasteiger partial charge in [0, 0.05) is 36.7 Å². The quantitative estimate of drug-likeness (QED) is 0.841. The van der Waals surface area contributed by atoms with Gasteiger partial charge < -0.3 is 10.6 Å². The molecule has 1 amide bonds. The number of benzene rings is 1. The number of aromatic nitrogens is 2. The molecule has 1 aromatic heterocycles. The number of anilines is 1. The monoisotopic (exact) mass is 282 g/mol. The van der Waals surface area contributed by atoms with Crippen LogP contribution in [0.15, 0.2) is 53.9 Å². The molecule has 0 unspecified atom stereocenters. The van der Waals surface area contributed by atoms with E-state index in [4.69, 9.17) is 0 Å². The molecule has 5 heteroatoms. The lowest BCUT2D eigenvalue weighted by atomic mass is 10.0. The lowest BCUT2D eigenvalue weighted by molar-refractivity contribution is -0.112. The van der Waals surface area contributed by atoms with Crippen molar-refractivity contribution in [1.29, 1.82) is 0 Å². The lowest BCUT2D eigenvalue weighted by Crippen LogP contribution is -2.36. The van der Waals surface area contributed by atoms with E-state index in [1.54, 1.807) is 6.20 Å². The third-order valence-corrected chi connectivity index (χ3v) is 3.66. The van der Waals surface area contributed by atoms with Crippen LogP contribution in [0.3, 0.4) is 0 Å². The number of rotatable bonds is 4. The van der Waals surface area contributed by atoms with Gasteiger partial charge in [-0.05, 0) is 36.3 Å². The second kappa shape index (κ2) is 5.93. The number of amides is 1. The van der Waals surface area contributed by atoms with Crippen LogP contribution < -0.4 is 10.6 Å². The van der Waals surface area contributed by atoms with Crippen LogP contribution in [0.1, 0.15) is 12.5 Å². The van der Waals surface area contributed by atoms with Crippen molar-refractivity contribution < 1.29 is 4.79 Å². The van der Waals surface area contributed by atoms with Crippen LogP contribution >= 0.6 is 0 Å². The summed E-state index contributed by atoms with van der Waals surface area (Å²) in [7, 11) is 0. The number of hydrogen-bond donors (Lipinski definition) is 2. The second-order valence-electron chi connectivity index (χ2n) is 5.19. The summed E-state index contributed by atoms with van der Waals surface area (Å²) in [6.45, 7) is 4.25. The van der Waals surface area contributed by atoms with Crippen molar-refractivity contribution in [2.24, 2.45) is 0 Å². The topological polar surface area (TPSA) is 59.0 Å². The van der Waals surface area contributed by atoms with E-state index in [1.807, 2.05) is 48.1 Å². The summed E-state index contributed by atoms with van der Waals surface area (Å²) in [5.74, 6) is -0.0219. The van der Waals surface area contributed by atoms with E-state index in [2.05, 4.69) is 15.7 Å². The minimum Gasteiger partial charge on any atom is -0.322 e. The first-order valence-corrected chi connectivity index (χ1v) is 6.99. The minimum atomic E-state index is -0.0219. The van der Waals surface area contributed by atoms with Gasteiger partial charge in [-0.1, -0.05) is 12.1 Å². The Labute approximate surface area is 123 Å². The zero-order valence-electron chi connectivity index (χ0n) is 12.0. The number of nitrogens with zero attached hydrogens (tertiary/aromatic N) is 2. The van der Waals surface area contributed by atoms with Gasteiger partial charge in [-0.2, -0.15) is 5.10 Å². The molecule has 0 radical (unpaired) electrons. The maximum atomic E-state index is 12.1. The van der Waals surface area contributed by atoms with Gasteiger partial charge in [-0.3, -0.25) is 9.48 Å². The zero-order chi connectivity index (χ0) is 14.7. The van der Waals surface area contributed by atoms with E-state index in [1.165, 1.54) is 5.57 Å². The lowest BCUT2D eigenvalue weighted by Gasteiger charge is -2.21. The molecule has 3 rings (SSSR count). The molecule has 2 heterocycles. The molecule has 1 saturated heterocycles. The summed E-state index contributed by atoms with van der Waals surface area (Å²) in [6, 6.07) is 9.76. The molecule has 1 fully saturated rings. The van der Waals surface area contributed by atoms with Gasteiger partial charge in [0.05, 0.1) is 6.54 Å². The second-order valence-corrected chi connectivity index (χ2v) is 5.19. The Bertz CT molecular complexity index is 650. The Morgan fingerprint density at radius 2 is 2.10 bits per heavy atom. The molecule has 21 heavy (non-hydrogen) atoms. The third kappa shape index (κ3) is 3.20. The molecule has 1 aliphatic rings. The first-order valence-electron chi connectivity index (χ1n) is 6.99. The summed E-state index contributed by atoms with van der Waals surface area (Å²) < 4.78 is 1.87. The highest BCUT2D eigenvalue weighted by molar-refractivity contribution is 6.04. The largest absolute Gasteiger partial charge is 0.322 e. The fourth-order valence-corrected chi connectivity index (χ4v) is 2.18. The fourth-order valence-electron chi connectivity index (χ4n) is 2.18. The SMILES string of the molecule is CC(C(=O)Nc1ccc(Cn2cccn2)cc1)=C1CNC1. The molecular weight excluding hydrogens is 264 g/mol. The highest BCUT2D eigenvalue weighted by Crippen LogP contribution is 2.14. The predicted molar refractivity (Wildman–Crippen MR) is 82.0 cm³/mol. The van der Waals surface area contributed by atoms with E-state index in [9.17, 15) is 4.79 Å². The number of hydrogen-bond acceptors (Lipinski definition) is 3. The van der Waals surface area contributed by atoms with Crippen molar-refractivity contribution in [3.8, 4) is 0 Å². The van der Waals surface area contributed by atoms with Crippen molar-refractivity contribution in [2.75, 3.05) is 18.4 Å². The van der Waals surface area contributed by atoms with E-state index < -0.39 is 0 Å². The van der Waals surface area contributed by atoms with Gasteiger partial charge in [-0.15, -0.1) is 0 Å². The fraction of sp³-hybridized carbons (Fsp3) is 0.250. The number of carbonyl (C=O) groups excluding carboxylic acids is 1. The Morgan fingerprint density at radius 3 is 2.67 bits per heavy atom. The Kier molecular flexibility index (Phi) is 3.83. The van der Waals surface area contributed by atoms with Gasteiger partial charge >= 0.3 is 0 Å². The zero-order valence-corrected chi connectivity index (χ0v) is 12.0. The molecule has 108 valence electrons. The van der Waals surface area contributed by atoms with Crippen molar-refractivity contribution in [2.45, 2.75) is 13.5 Å². The first kappa shape index (κ1) is 13.6. The van der Waals surface area contributed by atoms with Crippen LogP contribution in [0, 0.1) is 0 Å². The molecule has 0 spiro atoms. The van der Waals surface area contributed by atoms with Crippen LogP contribution in [0.25, 0.3) is 0 Å². The molecule has 1 aliphatic heterocycles. The normalized spacial score (nSPS) is 13.7. The van der Waals surface area contributed by atoms with Crippen LogP contribution in [0.4, 0.5) is 5.69 Å². The summed E-state index contributed by atoms with van der Waals surface area (Å²) in [5, 5.41) is 10.2. The number of nitrogens with one attached hydrogen (secondary N) is 2. The van der Waals surface area contributed by atoms with Crippen molar-refractivity contribution in [3.63, 3.8) is 0 Å². The van der Waals surface area contributed by atoms with Crippen molar-refractivity contribution in [3.05, 3.63) is 59.4 Å². The molecule has 0 bridgehead atoms. The van der Waals surface area contributed by atoms with Crippen LogP contribution in [0.5, 0.6) is 0 Å². The third-order valence-electron chi connectivity index (χ3n) is 3.66. The van der Waals surface area contributed by atoms with Gasteiger partial charge in [0.2, 0.25) is 0 Å². The molecule has 0 saturated carbocycles. The maximum Gasteiger partial charge on any atom is 0.251 e. The van der Waals surface area contributed by atoms with Crippen LogP contribution in [-0.4, -0.2) is 28.8 Å². The molecule has 5 nitrogen and oxygen atoms in total. The highest BCUT2D eigenvalue weighted by Gasteiger charge is 2.15.